The van der Waals surface area contributed by atoms with E-state index in [2.05, 4.69) is 0 Å². The van der Waals surface area contributed by atoms with Gasteiger partial charge < -0.3 is 14.9 Å². The maximum Gasteiger partial charge on any atom is 0.343 e. The van der Waals surface area contributed by atoms with E-state index in [-0.39, 0.29) is 17.1 Å². The molecule has 0 radical (unpaired) electrons. The van der Waals surface area contributed by atoms with Crippen LogP contribution in [-0.4, -0.2) is 16.2 Å². The second kappa shape index (κ2) is 4.79. The monoisotopic (exact) mass is 244 g/mol. The molecule has 2 N–H and O–H groups in total. The van der Waals surface area contributed by atoms with Gasteiger partial charge in [-0.25, -0.2) is 4.79 Å². The Morgan fingerprint density at radius 1 is 1.00 bits per heavy atom. The minimum Gasteiger partial charge on any atom is -0.504 e. The van der Waals surface area contributed by atoms with E-state index in [9.17, 15) is 9.90 Å². The van der Waals surface area contributed by atoms with Crippen molar-refractivity contribution >= 4 is 5.97 Å². The molecular formula is C14H12O4. The predicted octanol–water partition coefficient (Wildman–Crippen LogP) is 2.63. The first-order valence-electron chi connectivity index (χ1n) is 5.37. The molecule has 0 amide bonds. The number of hydrogen-bond acceptors (Lipinski definition) is 4. The summed E-state index contributed by atoms with van der Waals surface area (Å²) in [7, 11) is 0. The third kappa shape index (κ3) is 2.60. The van der Waals surface area contributed by atoms with Crippen molar-refractivity contribution in [1.82, 2.24) is 0 Å². The third-order valence-corrected chi connectivity index (χ3v) is 2.44. The molecule has 2 aromatic rings. The van der Waals surface area contributed by atoms with Crippen molar-refractivity contribution in [2.75, 3.05) is 0 Å². The lowest BCUT2D eigenvalue weighted by Crippen LogP contribution is -2.08. The lowest BCUT2D eigenvalue weighted by molar-refractivity contribution is 0.0734. The van der Waals surface area contributed by atoms with Gasteiger partial charge in [0.25, 0.3) is 0 Å². The van der Waals surface area contributed by atoms with Gasteiger partial charge in [-0.2, -0.15) is 0 Å². The number of esters is 1. The van der Waals surface area contributed by atoms with Gasteiger partial charge in [0.2, 0.25) is 0 Å². The van der Waals surface area contributed by atoms with Crippen molar-refractivity contribution in [3.8, 4) is 17.2 Å². The number of ether oxygens (including phenoxy) is 1. The zero-order valence-electron chi connectivity index (χ0n) is 9.75. The van der Waals surface area contributed by atoms with Crippen LogP contribution in [0.15, 0.2) is 42.5 Å². The lowest BCUT2D eigenvalue weighted by atomic mass is 10.2. The van der Waals surface area contributed by atoms with E-state index in [1.165, 1.54) is 12.1 Å². The van der Waals surface area contributed by atoms with Crippen molar-refractivity contribution in [2.24, 2.45) is 0 Å². The Hall–Kier alpha value is -2.49. The molecule has 0 aliphatic heterocycles. The second-order valence-electron chi connectivity index (χ2n) is 3.91. The fourth-order valence-electron chi connectivity index (χ4n) is 1.42. The number of carbonyl (C=O) groups excluding carboxylic acids is 1. The van der Waals surface area contributed by atoms with Gasteiger partial charge in [-0.1, -0.05) is 17.7 Å². The first kappa shape index (κ1) is 12.0. The minimum atomic E-state index is -0.589. The molecule has 0 saturated heterocycles. The Morgan fingerprint density at radius 2 is 1.67 bits per heavy atom. The van der Waals surface area contributed by atoms with E-state index in [4.69, 9.17) is 9.84 Å². The van der Waals surface area contributed by atoms with E-state index in [1.54, 1.807) is 12.1 Å². The first-order valence-corrected chi connectivity index (χ1v) is 5.37. The molecule has 0 atom stereocenters. The number of aromatic hydroxyl groups is 2. The van der Waals surface area contributed by atoms with E-state index in [1.807, 2.05) is 19.1 Å². The summed E-state index contributed by atoms with van der Waals surface area (Å²) in [6, 6.07) is 10.8. The average Bonchev–Trinajstić information content (AvgIpc) is 2.35. The van der Waals surface area contributed by atoms with E-state index < -0.39 is 5.97 Å². The van der Waals surface area contributed by atoms with Crippen molar-refractivity contribution in [2.45, 2.75) is 6.92 Å². The Labute approximate surface area is 104 Å². The molecule has 18 heavy (non-hydrogen) atoms. The van der Waals surface area contributed by atoms with Crippen molar-refractivity contribution < 1.29 is 19.7 Å². The average molecular weight is 244 g/mol. The molecule has 0 bridgehead atoms. The van der Waals surface area contributed by atoms with Crippen LogP contribution in [0.25, 0.3) is 0 Å². The van der Waals surface area contributed by atoms with Crippen LogP contribution in [0.1, 0.15) is 15.9 Å². The van der Waals surface area contributed by atoms with Crippen LogP contribution in [0.2, 0.25) is 0 Å². The van der Waals surface area contributed by atoms with Gasteiger partial charge in [-0.05, 0) is 37.3 Å². The molecule has 0 unspecified atom stereocenters. The summed E-state index contributed by atoms with van der Waals surface area (Å²) in [5.41, 5.74) is 1.24. The molecule has 0 aliphatic carbocycles. The van der Waals surface area contributed by atoms with Crippen LogP contribution < -0.4 is 4.74 Å². The molecule has 2 aromatic carbocycles. The number of carbonyl (C=O) groups is 1. The summed E-state index contributed by atoms with van der Waals surface area (Å²) in [6.07, 6.45) is 0. The Morgan fingerprint density at radius 3 is 2.28 bits per heavy atom. The molecule has 0 aromatic heterocycles. The minimum absolute atomic E-state index is 0.172. The highest BCUT2D eigenvalue weighted by atomic mass is 16.5. The molecule has 92 valence electrons. The van der Waals surface area contributed by atoms with Gasteiger partial charge >= 0.3 is 5.97 Å². The van der Waals surface area contributed by atoms with Gasteiger partial charge in [0, 0.05) is 0 Å². The molecule has 0 fully saturated rings. The van der Waals surface area contributed by atoms with Gasteiger partial charge in [-0.15, -0.1) is 0 Å². The summed E-state index contributed by atoms with van der Waals surface area (Å²) in [5.74, 6) is -0.789. The molecule has 0 spiro atoms. The van der Waals surface area contributed by atoms with E-state index in [0.717, 1.165) is 11.6 Å². The standard InChI is InChI=1S/C14H12O4/c1-9-2-5-11(6-3-9)18-14(17)10-4-7-12(15)13(16)8-10/h2-8,15-16H,1H3. The molecule has 4 nitrogen and oxygen atoms in total. The van der Waals surface area contributed by atoms with Crippen molar-refractivity contribution in [1.29, 1.82) is 0 Å². The summed E-state index contributed by atoms with van der Waals surface area (Å²) in [6.45, 7) is 1.93. The van der Waals surface area contributed by atoms with Crippen LogP contribution >= 0.6 is 0 Å². The summed E-state index contributed by atoms with van der Waals surface area (Å²) >= 11 is 0. The summed E-state index contributed by atoms with van der Waals surface area (Å²) < 4.78 is 5.12. The van der Waals surface area contributed by atoms with Gasteiger partial charge in [0.15, 0.2) is 11.5 Å². The molecular weight excluding hydrogens is 232 g/mol. The number of phenols is 2. The molecule has 0 saturated carbocycles. The summed E-state index contributed by atoms with van der Waals surface area (Å²) in [5, 5.41) is 18.4. The third-order valence-electron chi connectivity index (χ3n) is 2.44. The second-order valence-corrected chi connectivity index (χ2v) is 3.91. The maximum absolute atomic E-state index is 11.7. The Balaban J connectivity index is 2.16. The zero-order chi connectivity index (χ0) is 13.1. The van der Waals surface area contributed by atoms with Crippen LogP contribution in [0, 0.1) is 6.92 Å². The molecule has 2 rings (SSSR count). The highest BCUT2D eigenvalue weighted by Crippen LogP contribution is 2.25. The Bertz CT molecular complexity index is 573. The number of hydrogen-bond donors (Lipinski definition) is 2. The predicted molar refractivity (Wildman–Crippen MR) is 65.9 cm³/mol. The van der Waals surface area contributed by atoms with Crippen LogP contribution in [0.5, 0.6) is 17.2 Å². The van der Waals surface area contributed by atoms with Crippen LogP contribution in [0.3, 0.4) is 0 Å². The van der Waals surface area contributed by atoms with E-state index >= 15 is 0 Å². The fraction of sp³-hybridized carbons (Fsp3) is 0.0714. The lowest BCUT2D eigenvalue weighted by Gasteiger charge is -2.05. The summed E-state index contributed by atoms with van der Waals surface area (Å²) in [4.78, 5) is 11.7. The molecule has 0 heterocycles. The smallest absolute Gasteiger partial charge is 0.343 e. The van der Waals surface area contributed by atoms with E-state index in [0.29, 0.717) is 5.75 Å². The SMILES string of the molecule is Cc1ccc(OC(=O)c2ccc(O)c(O)c2)cc1. The van der Waals surface area contributed by atoms with Crippen LogP contribution in [-0.2, 0) is 0 Å². The molecule has 0 aliphatic rings. The number of aryl methyl sites for hydroxylation is 1. The quantitative estimate of drug-likeness (QED) is 0.484. The molecule has 4 heteroatoms. The largest absolute Gasteiger partial charge is 0.504 e. The van der Waals surface area contributed by atoms with Crippen molar-refractivity contribution in [3.63, 3.8) is 0 Å². The van der Waals surface area contributed by atoms with Crippen LogP contribution in [0.4, 0.5) is 0 Å². The topological polar surface area (TPSA) is 66.8 Å². The fourth-order valence-corrected chi connectivity index (χ4v) is 1.42. The number of benzene rings is 2. The Kier molecular flexibility index (Phi) is 3.19. The highest BCUT2D eigenvalue weighted by Gasteiger charge is 2.11. The zero-order valence-corrected chi connectivity index (χ0v) is 9.75. The maximum atomic E-state index is 11.7. The van der Waals surface area contributed by atoms with Crippen molar-refractivity contribution in [3.05, 3.63) is 53.6 Å². The van der Waals surface area contributed by atoms with Gasteiger partial charge in [-0.3, -0.25) is 0 Å². The highest BCUT2D eigenvalue weighted by molar-refractivity contribution is 5.91. The number of phenolic OH excluding ortho intramolecular Hbond substituents is 2. The first-order chi connectivity index (χ1) is 8.56. The van der Waals surface area contributed by atoms with Gasteiger partial charge in [0.1, 0.15) is 5.75 Å². The number of rotatable bonds is 2. The van der Waals surface area contributed by atoms with Gasteiger partial charge in [0.05, 0.1) is 5.56 Å². The normalized spacial score (nSPS) is 10.1.